The molecule has 0 aromatic heterocycles. The number of rotatable bonds is 3. The molecule has 1 aliphatic carbocycles. The van der Waals surface area contributed by atoms with Gasteiger partial charge in [-0.2, -0.15) is 0 Å². The first-order valence-corrected chi connectivity index (χ1v) is 5.23. The van der Waals surface area contributed by atoms with Crippen LogP contribution in [0.15, 0.2) is 0 Å². The van der Waals surface area contributed by atoms with E-state index in [1.807, 2.05) is 0 Å². The van der Waals surface area contributed by atoms with E-state index in [9.17, 15) is 5.11 Å². The summed E-state index contributed by atoms with van der Waals surface area (Å²) in [5.74, 6) is 0. The van der Waals surface area contributed by atoms with E-state index in [1.165, 1.54) is 32.4 Å². The van der Waals surface area contributed by atoms with Crippen molar-refractivity contribution in [1.82, 2.24) is 4.90 Å². The van der Waals surface area contributed by atoms with Crippen LogP contribution in [-0.4, -0.2) is 35.2 Å². The summed E-state index contributed by atoms with van der Waals surface area (Å²) in [5.41, 5.74) is -0.282. The van der Waals surface area contributed by atoms with Gasteiger partial charge in [0.05, 0.1) is 5.60 Å². The first-order valence-electron chi connectivity index (χ1n) is 5.23. The van der Waals surface area contributed by atoms with Gasteiger partial charge in [0.25, 0.3) is 0 Å². The molecule has 0 aromatic carbocycles. The van der Waals surface area contributed by atoms with Crippen LogP contribution in [0.3, 0.4) is 0 Å². The van der Waals surface area contributed by atoms with Crippen LogP contribution >= 0.6 is 0 Å². The highest BCUT2D eigenvalue weighted by Gasteiger charge is 2.31. The number of nitrogens with zero attached hydrogens (tertiary/aromatic N) is 1. The third-order valence-corrected chi connectivity index (χ3v) is 3.38. The van der Waals surface area contributed by atoms with E-state index in [0.29, 0.717) is 0 Å². The van der Waals surface area contributed by atoms with Gasteiger partial charge < -0.3 is 10.0 Å². The van der Waals surface area contributed by atoms with Gasteiger partial charge in [-0.15, -0.1) is 0 Å². The summed E-state index contributed by atoms with van der Waals surface area (Å²) in [5, 5.41) is 10.0. The molecule has 2 fully saturated rings. The monoisotopic (exact) mass is 169 g/mol. The fourth-order valence-electron chi connectivity index (χ4n) is 2.25. The number of hydrogen-bond donors (Lipinski definition) is 1. The molecule has 70 valence electrons. The smallest absolute Gasteiger partial charge is 0.0660 e. The van der Waals surface area contributed by atoms with Crippen LogP contribution in [0.2, 0.25) is 0 Å². The van der Waals surface area contributed by atoms with Crippen molar-refractivity contribution < 1.29 is 5.11 Å². The molecule has 0 amide bonds. The molecular weight excluding hydrogens is 150 g/mol. The molecule has 0 unspecified atom stereocenters. The molecule has 1 saturated heterocycles. The molecule has 2 aliphatic rings. The summed E-state index contributed by atoms with van der Waals surface area (Å²) < 4.78 is 0. The van der Waals surface area contributed by atoms with Crippen LogP contribution in [0.25, 0.3) is 0 Å². The summed E-state index contributed by atoms with van der Waals surface area (Å²) in [6.07, 6.45) is 6.92. The SMILES string of the molecule is OC1(CCN2CCC2)CCCC1. The van der Waals surface area contributed by atoms with Crippen LogP contribution in [0.1, 0.15) is 38.5 Å². The Morgan fingerprint density at radius 3 is 2.25 bits per heavy atom. The first-order chi connectivity index (χ1) is 5.79. The van der Waals surface area contributed by atoms with Crippen LogP contribution in [0.5, 0.6) is 0 Å². The minimum absolute atomic E-state index is 0.282. The molecule has 2 nitrogen and oxygen atoms in total. The van der Waals surface area contributed by atoms with Gasteiger partial charge in [0, 0.05) is 6.54 Å². The van der Waals surface area contributed by atoms with Crippen molar-refractivity contribution in [3.63, 3.8) is 0 Å². The van der Waals surface area contributed by atoms with Crippen LogP contribution in [0, 0.1) is 0 Å². The van der Waals surface area contributed by atoms with Crippen molar-refractivity contribution in [2.45, 2.75) is 44.1 Å². The number of likely N-dealkylation sites (tertiary alicyclic amines) is 1. The van der Waals surface area contributed by atoms with Gasteiger partial charge >= 0.3 is 0 Å². The van der Waals surface area contributed by atoms with Crippen LogP contribution in [0.4, 0.5) is 0 Å². The lowest BCUT2D eigenvalue weighted by Crippen LogP contribution is -2.41. The van der Waals surface area contributed by atoms with Gasteiger partial charge in [0.1, 0.15) is 0 Å². The minimum Gasteiger partial charge on any atom is -0.390 e. The predicted molar refractivity (Wildman–Crippen MR) is 49.1 cm³/mol. The lowest BCUT2D eigenvalue weighted by Gasteiger charge is -2.33. The zero-order valence-electron chi connectivity index (χ0n) is 7.76. The summed E-state index contributed by atoms with van der Waals surface area (Å²) in [4.78, 5) is 2.44. The molecule has 2 rings (SSSR count). The molecule has 1 N–H and O–H groups in total. The van der Waals surface area contributed by atoms with Crippen molar-refractivity contribution in [2.75, 3.05) is 19.6 Å². The molecule has 1 saturated carbocycles. The highest BCUT2D eigenvalue weighted by atomic mass is 16.3. The zero-order valence-corrected chi connectivity index (χ0v) is 7.76. The van der Waals surface area contributed by atoms with Crippen molar-refractivity contribution in [3.05, 3.63) is 0 Å². The van der Waals surface area contributed by atoms with E-state index in [0.717, 1.165) is 25.8 Å². The molecule has 1 heterocycles. The van der Waals surface area contributed by atoms with Crippen LogP contribution in [-0.2, 0) is 0 Å². The molecular formula is C10H19NO. The Morgan fingerprint density at radius 1 is 1.08 bits per heavy atom. The van der Waals surface area contributed by atoms with Gasteiger partial charge in [-0.3, -0.25) is 0 Å². The van der Waals surface area contributed by atoms with Gasteiger partial charge in [0.2, 0.25) is 0 Å². The molecule has 0 spiro atoms. The van der Waals surface area contributed by atoms with E-state index >= 15 is 0 Å². The fraction of sp³-hybridized carbons (Fsp3) is 1.00. The molecule has 1 aliphatic heterocycles. The van der Waals surface area contributed by atoms with E-state index in [2.05, 4.69) is 4.90 Å². The Bertz CT molecular complexity index is 148. The number of hydrogen-bond acceptors (Lipinski definition) is 2. The maximum absolute atomic E-state index is 10.0. The standard InChI is InChI=1S/C10H19NO/c12-10(4-1-2-5-10)6-9-11-7-3-8-11/h12H,1-9H2. The zero-order chi connectivity index (χ0) is 8.44. The van der Waals surface area contributed by atoms with E-state index in [1.54, 1.807) is 0 Å². The quantitative estimate of drug-likeness (QED) is 0.690. The first kappa shape index (κ1) is 8.52. The van der Waals surface area contributed by atoms with Gasteiger partial charge in [0.15, 0.2) is 0 Å². The molecule has 0 atom stereocenters. The third kappa shape index (κ3) is 1.80. The molecule has 2 heteroatoms. The van der Waals surface area contributed by atoms with E-state index in [4.69, 9.17) is 0 Å². The third-order valence-electron chi connectivity index (χ3n) is 3.38. The summed E-state index contributed by atoms with van der Waals surface area (Å²) >= 11 is 0. The lowest BCUT2D eigenvalue weighted by molar-refractivity contribution is 0.0210. The van der Waals surface area contributed by atoms with Crippen molar-refractivity contribution >= 4 is 0 Å². The maximum Gasteiger partial charge on any atom is 0.0660 e. The van der Waals surface area contributed by atoms with E-state index < -0.39 is 0 Å². The second-order valence-corrected chi connectivity index (χ2v) is 4.38. The van der Waals surface area contributed by atoms with Gasteiger partial charge in [-0.1, -0.05) is 12.8 Å². The molecule has 0 bridgehead atoms. The average molecular weight is 169 g/mol. The predicted octanol–water partition coefficient (Wildman–Crippen LogP) is 1.39. The normalized spacial score (nSPS) is 28.8. The molecule has 12 heavy (non-hydrogen) atoms. The number of aliphatic hydroxyl groups is 1. The highest BCUT2D eigenvalue weighted by molar-refractivity contribution is 4.85. The molecule has 0 radical (unpaired) electrons. The Morgan fingerprint density at radius 2 is 1.75 bits per heavy atom. The maximum atomic E-state index is 10.0. The Labute approximate surface area is 74.6 Å². The van der Waals surface area contributed by atoms with Crippen molar-refractivity contribution in [1.29, 1.82) is 0 Å². The Hall–Kier alpha value is -0.0800. The second-order valence-electron chi connectivity index (χ2n) is 4.38. The summed E-state index contributed by atoms with van der Waals surface area (Å²) in [6.45, 7) is 3.64. The minimum atomic E-state index is -0.282. The van der Waals surface area contributed by atoms with Crippen molar-refractivity contribution in [3.8, 4) is 0 Å². The Kier molecular flexibility index (Phi) is 2.37. The lowest BCUT2D eigenvalue weighted by atomic mass is 9.97. The van der Waals surface area contributed by atoms with Gasteiger partial charge in [-0.25, -0.2) is 0 Å². The van der Waals surface area contributed by atoms with Crippen LogP contribution < -0.4 is 0 Å². The van der Waals surface area contributed by atoms with E-state index in [-0.39, 0.29) is 5.60 Å². The fourth-order valence-corrected chi connectivity index (χ4v) is 2.25. The summed E-state index contributed by atoms with van der Waals surface area (Å²) in [6, 6.07) is 0. The summed E-state index contributed by atoms with van der Waals surface area (Å²) in [7, 11) is 0. The highest BCUT2D eigenvalue weighted by Crippen LogP contribution is 2.32. The van der Waals surface area contributed by atoms with Gasteiger partial charge in [-0.05, 0) is 38.8 Å². The Balaban J connectivity index is 1.70. The molecule has 0 aromatic rings. The second kappa shape index (κ2) is 3.35. The topological polar surface area (TPSA) is 23.5 Å². The van der Waals surface area contributed by atoms with Crippen molar-refractivity contribution in [2.24, 2.45) is 0 Å². The average Bonchev–Trinajstić information content (AvgIpc) is 2.33. The largest absolute Gasteiger partial charge is 0.390 e.